The van der Waals surface area contributed by atoms with Gasteiger partial charge in [-0.3, -0.25) is 4.79 Å². The zero-order chi connectivity index (χ0) is 16.3. The first-order valence-electron chi connectivity index (χ1n) is 7.81. The summed E-state index contributed by atoms with van der Waals surface area (Å²) in [7, 11) is 0. The van der Waals surface area contributed by atoms with Gasteiger partial charge in [0.15, 0.2) is 6.61 Å². The van der Waals surface area contributed by atoms with Crippen molar-refractivity contribution in [1.82, 2.24) is 5.32 Å². The molecule has 1 aromatic carbocycles. The molecule has 1 aliphatic carbocycles. The van der Waals surface area contributed by atoms with E-state index in [0.717, 1.165) is 24.2 Å². The Morgan fingerprint density at radius 3 is 2.73 bits per heavy atom. The van der Waals surface area contributed by atoms with Crippen LogP contribution in [-0.4, -0.2) is 18.1 Å². The second-order valence-electron chi connectivity index (χ2n) is 6.60. The van der Waals surface area contributed by atoms with Gasteiger partial charge >= 0.3 is 0 Å². The van der Waals surface area contributed by atoms with Crippen LogP contribution in [0.4, 0.5) is 0 Å². The molecule has 0 unspecified atom stereocenters. The van der Waals surface area contributed by atoms with Gasteiger partial charge in [-0.05, 0) is 55.7 Å². The fourth-order valence-corrected chi connectivity index (χ4v) is 2.48. The number of aryl methyl sites for hydroxylation is 1. The fourth-order valence-electron chi connectivity index (χ4n) is 2.48. The number of carbonyl (C=O) groups is 1. The molecule has 0 spiro atoms. The van der Waals surface area contributed by atoms with Crippen molar-refractivity contribution >= 4 is 5.91 Å². The third kappa shape index (κ3) is 3.79. The molecule has 1 atom stereocenters. The maximum atomic E-state index is 12.1. The molecule has 1 saturated carbocycles. The van der Waals surface area contributed by atoms with Gasteiger partial charge in [0, 0.05) is 0 Å². The topological polar surface area (TPSA) is 62.1 Å². The third-order valence-corrected chi connectivity index (χ3v) is 4.26. The van der Waals surface area contributed by atoms with Crippen LogP contribution >= 0.6 is 0 Å². The van der Waals surface area contributed by atoms with E-state index in [9.17, 15) is 10.1 Å². The molecule has 1 amide bonds. The van der Waals surface area contributed by atoms with Gasteiger partial charge in [0.1, 0.15) is 11.3 Å². The van der Waals surface area contributed by atoms with Crippen LogP contribution in [0.1, 0.15) is 50.7 Å². The Hall–Kier alpha value is -2.02. The van der Waals surface area contributed by atoms with E-state index in [1.807, 2.05) is 19.1 Å². The number of carbonyl (C=O) groups excluding carboxylic acids is 1. The molecular weight excluding hydrogens is 276 g/mol. The minimum Gasteiger partial charge on any atom is -0.483 e. The van der Waals surface area contributed by atoms with E-state index < -0.39 is 5.54 Å². The number of nitrogens with zero attached hydrogens (tertiary/aromatic N) is 1. The Kier molecular flexibility index (Phi) is 4.75. The van der Waals surface area contributed by atoms with Gasteiger partial charge in [0.05, 0.1) is 6.07 Å². The summed E-state index contributed by atoms with van der Waals surface area (Å²) in [5.41, 5.74) is 1.42. The largest absolute Gasteiger partial charge is 0.483 e. The minimum atomic E-state index is -0.769. The van der Waals surface area contributed by atoms with E-state index in [4.69, 9.17) is 4.74 Å². The number of benzene rings is 1. The maximum Gasteiger partial charge on any atom is 0.259 e. The van der Waals surface area contributed by atoms with E-state index in [-0.39, 0.29) is 18.4 Å². The molecule has 0 saturated heterocycles. The highest BCUT2D eigenvalue weighted by molar-refractivity contribution is 5.79. The summed E-state index contributed by atoms with van der Waals surface area (Å²) >= 11 is 0. The van der Waals surface area contributed by atoms with E-state index in [1.54, 1.807) is 6.92 Å². The maximum absolute atomic E-state index is 12.1. The number of nitrogens with one attached hydrogen (secondary N) is 1. The molecule has 0 aliphatic heterocycles. The number of rotatable bonds is 6. The van der Waals surface area contributed by atoms with Gasteiger partial charge < -0.3 is 10.1 Å². The number of nitriles is 1. The monoisotopic (exact) mass is 300 g/mol. The van der Waals surface area contributed by atoms with Crippen molar-refractivity contribution in [3.05, 3.63) is 29.3 Å². The summed E-state index contributed by atoms with van der Waals surface area (Å²) in [5.74, 6) is 1.16. The minimum absolute atomic E-state index is 0.0631. The zero-order valence-electron chi connectivity index (χ0n) is 13.8. The molecule has 0 aromatic heterocycles. The highest BCUT2D eigenvalue weighted by Gasteiger charge is 2.43. The molecule has 22 heavy (non-hydrogen) atoms. The van der Waals surface area contributed by atoms with Crippen molar-refractivity contribution < 1.29 is 9.53 Å². The summed E-state index contributed by atoms with van der Waals surface area (Å²) < 4.78 is 5.66. The number of hydrogen-bond donors (Lipinski definition) is 1. The normalized spacial score (nSPS) is 16.7. The van der Waals surface area contributed by atoms with Gasteiger partial charge in [-0.25, -0.2) is 0 Å². The SMILES string of the molecule is Cc1ccc(C(C)C)cc1OCC(=O)N[C@](C)(C#N)C1CC1. The van der Waals surface area contributed by atoms with Crippen LogP contribution in [0.3, 0.4) is 0 Å². The van der Waals surface area contributed by atoms with Gasteiger partial charge in [0.2, 0.25) is 0 Å². The predicted octanol–water partition coefficient (Wildman–Crippen LogP) is 3.31. The lowest BCUT2D eigenvalue weighted by molar-refractivity contribution is -0.124. The first-order valence-corrected chi connectivity index (χ1v) is 7.81. The summed E-state index contributed by atoms with van der Waals surface area (Å²) in [6.45, 7) is 7.92. The zero-order valence-corrected chi connectivity index (χ0v) is 13.8. The molecule has 0 bridgehead atoms. The molecule has 0 radical (unpaired) electrons. The van der Waals surface area contributed by atoms with Crippen LogP contribution < -0.4 is 10.1 Å². The van der Waals surface area contributed by atoms with Gasteiger partial charge in [0.25, 0.3) is 5.91 Å². The van der Waals surface area contributed by atoms with Crippen LogP contribution in [0, 0.1) is 24.2 Å². The lowest BCUT2D eigenvalue weighted by Gasteiger charge is -2.23. The number of hydrogen-bond acceptors (Lipinski definition) is 3. The van der Waals surface area contributed by atoms with Crippen LogP contribution in [-0.2, 0) is 4.79 Å². The highest BCUT2D eigenvalue weighted by Crippen LogP contribution is 2.39. The van der Waals surface area contributed by atoms with Gasteiger partial charge in [-0.2, -0.15) is 5.26 Å². The number of ether oxygens (including phenoxy) is 1. The average molecular weight is 300 g/mol. The summed E-state index contributed by atoms with van der Waals surface area (Å²) in [4.78, 5) is 12.1. The van der Waals surface area contributed by atoms with E-state index >= 15 is 0 Å². The molecule has 1 fully saturated rings. The Morgan fingerprint density at radius 1 is 1.50 bits per heavy atom. The van der Waals surface area contributed by atoms with E-state index in [2.05, 4.69) is 31.3 Å². The van der Waals surface area contributed by atoms with Crippen molar-refractivity contribution in [2.24, 2.45) is 5.92 Å². The Morgan fingerprint density at radius 2 is 2.18 bits per heavy atom. The summed E-state index contributed by atoms with van der Waals surface area (Å²) in [6.07, 6.45) is 2.00. The van der Waals surface area contributed by atoms with Crippen molar-refractivity contribution in [3.8, 4) is 11.8 Å². The standard InChI is InChI=1S/C18H24N2O2/c1-12(2)14-6-5-13(3)16(9-14)22-10-17(21)20-18(4,11-19)15-7-8-15/h5-6,9,12,15H,7-8,10H2,1-4H3,(H,20,21)/t18-/m1/s1. The van der Waals surface area contributed by atoms with Crippen molar-refractivity contribution in [1.29, 1.82) is 5.26 Å². The Balaban J connectivity index is 1.96. The van der Waals surface area contributed by atoms with E-state index in [0.29, 0.717) is 5.92 Å². The van der Waals surface area contributed by atoms with Gasteiger partial charge in [-0.1, -0.05) is 26.0 Å². The second kappa shape index (κ2) is 6.39. The summed E-state index contributed by atoms with van der Waals surface area (Å²) in [6, 6.07) is 8.28. The van der Waals surface area contributed by atoms with Crippen LogP contribution in [0.15, 0.2) is 18.2 Å². The Labute approximate surface area is 132 Å². The van der Waals surface area contributed by atoms with E-state index in [1.165, 1.54) is 5.56 Å². The first-order chi connectivity index (χ1) is 10.4. The van der Waals surface area contributed by atoms with Crippen LogP contribution in [0.2, 0.25) is 0 Å². The van der Waals surface area contributed by atoms with Crippen molar-refractivity contribution in [3.63, 3.8) is 0 Å². The Bertz CT molecular complexity index is 600. The summed E-state index contributed by atoms with van der Waals surface area (Å²) in [5, 5.41) is 12.1. The van der Waals surface area contributed by atoms with Crippen LogP contribution in [0.25, 0.3) is 0 Å². The second-order valence-corrected chi connectivity index (χ2v) is 6.60. The molecule has 1 aliphatic rings. The molecule has 4 nitrogen and oxygen atoms in total. The molecule has 2 rings (SSSR count). The molecule has 0 heterocycles. The van der Waals surface area contributed by atoms with Gasteiger partial charge in [-0.15, -0.1) is 0 Å². The quantitative estimate of drug-likeness (QED) is 0.876. The number of amides is 1. The molecule has 1 N–H and O–H groups in total. The average Bonchev–Trinajstić information content (AvgIpc) is 3.31. The molecular formula is C18H24N2O2. The molecule has 118 valence electrons. The molecule has 1 aromatic rings. The third-order valence-electron chi connectivity index (χ3n) is 4.26. The van der Waals surface area contributed by atoms with Crippen molar-refractivity contribution in [2.75, 3.05) is 6.61 Å². The first kappa shape index (κ1) is 16.4. The van der Waals surface area contributed by atoms with Crippen molar-refractivity contribution in [2.45, 2.75) is 52.0 Å². The van der Waals surface area contributed by atoms with Crippen LogP contribution in [0.5, 0.6) is 5.75 Å². The predicted molar refractivity (Wildman–Crippen MR) is 85.6 cm³/mol. The highest BCUT2D eigenvalue weighted by atomic mass is 16.5. The lowest BCUT2D eigenvalue weighted by Crippen LogP contribution is -2.48. The smallest absolute Gasteiger partial charge is 0.259 e. The lowest BCUT2D eigenvalue weighted by atomic mass is 9.98. The molecule has 4 heteroatoms. The fraction of sp³-hybridized carbons (Fsp3) is 0.556.